The van der Waals surface area contributed by atoms with Gasteiger partial charge in [-0.05, 0) is 26.7 Å². The van der Waals surface area contributed by atoms with E-state index in [4.69, 9.17) is 16.0 Å². The summed E-state index contributed by atoms with van der Waals surface area (Å²) in [5.41, 5.74) is 5.50. The van der Waals surface area contributed by atoms with Gasteiger partial charge in [-0.3, -0.25) is 4.79 Å². The molecule has 0 radical (unpaired) electrons. The summed E-state index contributed by atoms with van der Waals surface area (Å²) in [6.07, 6.45) is 1.01. The van der Waals surface area contributed by atoms with Crippen LogP contribution in [0.3, 0.4) is 0 Å². The zero-order valence-electron chi connectivity index (χ0n) is 10.8. The highest BCUT2D eigenvalue weighted by Crippen LogP contribution is 2.11. The average Bonchev–Trinajstić information content (AvgIpc) is 2.29. The first kappa shape index (κ1) is 15.7. The Morgan fingerprint density at radius 3 is 2.41 bits per heavy atom. The van der Waals surface area contributed by atoms with E-state index in [1.165, 1.54) is 0 Å². The maximum absolute atomic E-state index is 12.2. The summed E-state index contributed by atoms with van der Waals surface area (Å²) in [6.45, 7) is 6.12. The SMILES string of the molecule is CCC(C(=O)N(CCCO)C(C)C)C(N)=NO. The van der Waals surface area contributed by atoms with Crippen LogP contribution in [0.1, 0.15) is 33.6 Å². The molecule has 4 N–H and O–H groups in total. The molecule has 1 amide bonds. The Morgan fingerprint density at radius 1 is 1.47 bits per heavy atom. The minimum atomic E-state index is -0.596. The molecule has 0 aromatic heterocycles. The van der Waals surface area contributed by atoms with Gasteiger partial charge < -0.3 is 20.9 Å². The smallest absolute Gasteiger partial charge is 0.233 e. The number of aliphatic hydroxyl groups excluding tert-OH is 1. The predicted octanol–water partition coefficient (Wildman–Crippen LogP) is 0.378. The van der Waals surface area contributed by atoms with Crippen molar-refractivity contribution < 1.29 is 15.1 Å². The standard InChI is InChI=1S/C11H23N3O3/c1-4-9(10(12)13-17)11(16)14(8(2)3)6-5-7-15/h8-9,15,17H,4-7H2,1-3H3,(H2,12,13). The van der Waals surface area contributed by atoms with Crippen molar-refractivity contribution in [3.63, 3.8) is 0 Å². The Bertz CT molecular complexity index is 267. The van der Waals surface area contributed by atoms with Crippen LogP contribution in [0.5, 0.6) is 0 Å². The van der Waals surface area contributed by atoms with Crippen LogP contribution in [-0.4, -0.2) is 46.1 Å². The Kier molecular flexibility index (Phi) is 7.29. The van der Waals surface area contributed by atoms with E-state index < -0.39 is 5.92 Å². The fraction of sp³-hybridized carbons (Fsp3) is 0.818. The molecule has 100 valence electrons. The van der Waals surface area contributed by atoms with Crippen molar-refractivity contribution >= 4 is 11.7 Å². The van der Waals surface area contributed by atoms with Crippen LogP contribution in [0.4, 0.5) is 0 Å². The molecule has 0 saturated carbocycles. The minimum Gasteiger partial charge on any atom is -0.409 e. The number of oxime groups is 1. The van der Waals surface area contributed by atoms with E-state index >= 15 is 0 Å². The van der Waals surface area contributed by atoms with E-state index in [1.54, 1.807) is 4.90 Å². The van der Waals surface area contributed by atoms with Gasteiger partial charge in [-0.1, -0.05) is 12.1 Å². The monoisotopic (exact) mass is 245 g/mol. The van der Waals surface area contributed by atoms with Crippen LogP contribution < -0.4 is 5.73 Å². The fourth-order valence-corrected chi connectivity index (χ4v) is 1.64. The molecule has 0 rings (SSSR count). The number of nitrogens with two attached hydrogens (primary N) is 1. The molecule has 1 unspecified atom stereocenters. The lowest BCUT2D eigenvalue weighted by Gasteiger charge is -2.29. The highest BCUT2D eigenvalue weighted by Gasteiger charge is 2.27. The highest BCUT2D eigenvalue weighted by molar-refractivity contribution is 6.02. The van der Waals surface area contributed by atoms with Gasteiger partial charge >= 0.3 is 0 Å². The van der Waals surface area contributed by atoms with Gasteiger partial charge in [-0.25, -0.2) is 0 Å². The van der Waals surface area contributed by atoms with E-state index in [0.717, 1.165) is 0 Å². The topological polar surface area (TPSA) is 99.2 Å². The Balaban J connectivity index is 4.79. The summed E-state index contributed by atoms with van der Waals surface area (Å²) in [6, 6.07) is 0.0228. The largest absolute Gasteiger partial charge is 0.409 e. The van der Waals surface area contributed by atoms with Crippen LogP contribution in [0.25, 0.3) is 0 Å². The van der Waals surface area contributed by atoms with Crippen LogP contribution in [-0.2, 0) is 4.79 Å². The van der Waals surface area contributed by atoms with E-state index in [-0.39, 0.29) is 24.4 Å². The Morgan fingerprint density at radius 2 is 2.06 bits per heavy atom. The van der Waals surface area contributed by atoms with Gasteiger partial charge in [0.1, 0.15) is 0 Å². The summed E-state index contributed by atoms with van der Waals surface area (Å²) < 4.78 is 0. The van der Waals surface area contributed by atoms with Crippen molar-refractivity contribution in [2.45, 2.75) is 39.7 Å². The number of nitrogens with zero attached hydrogens (tertiary/aromatic N) is 2. The molecule has 0 spiro atoms. The molecule has 17 heavy (non-hydrogen) atoms. The number of amidine groups is 1. The second-order valence-electron chi connectivity index (χ2n) is 4.19. The molecule has 6 heteroatoms. The third-order valence-electron chi connectivity index (χ3n) is 2.64. The van der Waals surface area contributed by atoms with Crippen LogP contribution >= 0.6 is 0 Å². The molecule has 0 aromatic carbocycles. The van der Waals surface area contributed by atoms with E-state index in [9.17, 15) is 4.79 Å². The number of carbonyl (C=O) groups excluding carboxylic acids is 1. The van der Waals surface area contributed by atoms with Crippen LogP contribution in [0, 0.1) is 5.92 Å². The van der Waals surface area contributed by atoms with Crippen molar-refractivity contribution in [2.75, 3.05) is 13.2 Å². The van der Waals surface area contributed by atoms with E-state index in [1.807, 2.05) is 20.8 Å². The zero-order chi connectivity index (χ0) is 13.4. The lowest BCUT2D eigenvalue weighted by Crippen LogP contribution is -2.45. The van der Waals surface area contributed by atoms with Gasteiger partial charge in [0.25, 0.3) is 0 Å². The molecule has 0 fully saturated rings. The van der Waals surface area contributed by atoms with Gasteiger partial charge in [0.05, 0.1) is 5.92 Å². The lowest BCUT2D eigenvalue weighted by atomic mass is 10.0. The maximum Gasteiger partial charge on any atom is 0.233 e. The van der Waals surface area contributed by atoms with Gasteiger partial charge in [0, 0.05) is 19.2 Å². The number of aliphatic hydroxyl groups is 1. The normalized spacial score (nSPS) is 13.8. The molecule has 0 aromatic rings. The van der Waals surface area contributed by atoms with Crippen molar-refractivity contribution in [3.05, 3.63) is 0 Å². The van der Waals surface area contributed by atoms with Crippen molar-refractivity contribution in [1.29, 1.82) is 0 Å². The first-order chi connectivity index (χ1) is 7.99. The molecule has 0 aliphatic carbocycles. The fourth-order valence-electron chi connectivity index (χ4n) is 1.64. The molecular formula is C11H23N3O3. The second kappa shape index (κ2) is 7.89. The maximum atomic E-state index is 12.2. The molecule has 0 heterocycles. The molecule has 0 saturated heterocycles. The third kappa shape index (κ3) is 4.60. The number of carbonyl (C=O) groups is 1. The van der Waals surface area contributed by atoms with Gasteiger partial charge in [-0.15, -0.1) is 0 Å². The van der Waals surface area contributed by atoms with Gasteiger partial charge in [-0.2, -0.15) is 0 Å². The van der Waals surface area contributed by atoms with E-state index in [2.05, 4.69) is 5.16 Å². The van der Waals surface area contributed by atoms with Crippen LogP contribution in [0.2, 0.25) is 0 Å². The number of hydrogen-bond acceptors (Lipinski definition) is 4. The summed E-state index contributed by atoms with van der Waals surface area (Å²) in [7, 11) is 0. The lowest BCUT2D eigenvalue weighted by molar-refractivity contribution is -0.135. The zero-order valence-corrected chi connectivity index (χ0v) is 10.8. The van der Waals surface area contributed by atoms with Crippen molar-refractivity contribution in [2.24, 2.45) is 16.8 Å². The number of amides is 1. The average molecular weight is 245 g/mol. The predicted molar refractivity (Wildman–Crippen MR) is 65.7 cm³/mol. The van der Waals surface area contributed by atoms with Crippen molar-refractivity contribution in [3.8, 4) is 0 Å². The van der Waals surface area contributed by atoms with Crippen molar-refractivity contribution in [1.82, 2.24) is 4.90 Å². The highest BCUT2D eigenvalue weighted by atomic mass is 16.4. The molecule has 0 aliphatic rings. The quantitative estimate of drug-likeness (QED) is 0.261. The summed E-state index contributed by atoms with van der Waals surface area (Å²) in [5.74, 6) is -0.820. The summed E-state index contributed by atoms with van der Waals surface area (Å²) >= 11 is 0. The molecular weight excluding hydrogens is 222 g/mol. The first-order valence-electron chi connectivity index (χ1n) is 5.88. The molecule has 0 bridgehead atoms. The number of hydrogen-bond donors (Lipinski definition) is 3. The first-order valence-corrected chi connectivity index (χ1v) is 5.88. The van der Waals surface area contributed by atoms with Gasteiger partial charge in [0.2, 0.25) is 5.91 Å². The number of rotatable bonds is 7. The van der Waals surface area contributed by atoms with E-state index in [0.29, 0.717) is 19.4 Å². The minimum absolute atomic E-state index is 0.0228. The summed E-state index contributed by atoms with van der Waals surface area (Å²) in [4.78, 5) is 13.8. The Labute approximate surface area is 102 Å². The Hall–Kier alpha value is -1.30. The summed E-state index contributed by atoms with van der Waals surface area (Å²) in [5, 5.41) is 20.3. The third-order valence-corrected chi connectivity index (χ3v) is 2.64. The molecule has 6 nitrogen and oxygen atoms in total. The molecule has 0 aliphatic heterocycles. The van der Waals surface area contributed by atoms with Gasteiger partial charge in [0.15, 0.2) is 5.84 Å². The van der Waals surface area contributed by atoms with Crippen LogP contribution in [0.15, 0.2) is 5.16 Å². The second-order valence-corrected chi connectivity index (χ2v) is 4.19. The molecule has 1 atom stereocenters.